The van der Waals surface area contributed by atoms with Crippen LogP contribution in [0.25, 0.3) is 0 Å². The summed E-state index contributed by atoms with van der Waals surface area (Å²) in [5.41, 5.74) is 3.49. The van der Waals surface area contributed by atoms with E-state index in [0.717, 1.165) is 18.4 Å². The van der Waals surface area contributed by atoms with Gasteiger partial charge in [-0.1, -0.05) is 13.0 Å². The smallest absolute Gasteiger partial charge is 0.253 e. The first-order valence-electron chi connectivity index (χ1n) is 7.09. The number of piperidine rings is 1. The SMILES string of the molecule is CC1CN(C(=O)c2ccc3c(c2)CCC3)CCC1=O. The van der Waals surface area contributed by atoms with Crippen LogP contribution in [0.4, 0.5) is 0 Å². The van der Waals surface area contributed by atoms with Crippen molar-refractivity contribution in [2.75, 3.05) is 13.1 Å². The summed E-state index contributed by atoms with van der Waals surface area (Å²) in [7, 11) is 0. The number of amides is 1. The number of ketones is 1. The third-order valence-corrected chi connectivity index (χ3v) is 4.30. The average molecular weight is 257 g/mol. The molecule has 100 valence electrons. The molecule has 0 spiro atoms. The lowest BCUT2D eigenvalue weighted by molar-refractivity contribution is -0.124. The van der Waals surface area contributed by atoms with Crippen LogP contribution in [0, 0.1) is 5.92 Å². The Hall–Kier alpha value is -1.64. The van der Waals surface area contributed by atoms with E-state index in [1.54, 1.807) is 0 Å². The zero-order valence-corrected chi connectivity index (χ0v) is 11.3. The molecule has 1 unspecified atom stereocenters. The highest BCUT2D eigenvalue weighted by molar-refractivity contribution is 5.96. The second-order valence-corrected chi connectivity index (χ2v) is 5.71. The molecule has 1 aromatic rings. The highest BCUT2D eigenvalue weighted by Gasteiger charge is 2.27. The number of aryl methyl sites for hydroxylation is 2. The number of fused-ring (bicyclic) bond motifs is 1. The fourth-order valence-corrected chi connectivity index (χ4v) is 3.09. The molecule has 1 saturated heterocycles. The number of hydrogen-bond acceptors (Lipinski definition) is 2. The van der Waals surface area contributed by atoms with Crippen LogP contribution in [-0.2, 0) is 17.6 Å². The maximum atomic E-state index is 12.5. The van der Waals surface area contributed by atoms with Crippen LogP contribution in [0.5, 0.6) is 0 Å². The van der Waals surface area contributed by atoms with E-state index in [1.807, 2.05) is 24.0 Å². The fraction of sp³-hybridized carbons (Fsp3) is 0.500. The number of likely N-dealkylation sites (tertiary alicyclic amines) is 1. The molecule has 3 nitrogen and oxygen atoms in total. The lowest BCUT2D eigenvalue weighted by atomic mass is 9.97. The van der Waals surface area contributed by atoms with Gasteiger partial charge in [-0.25, -0.2) is 0 Å². The van der Waals surface area contributed by atoms with Gasteiger partial charge in [0, 0.05) is 31.0 Å². The summed E-state index contributed by atoms with van der Waals surface area (Å²) < 4.78 is 0. The van der Waals surface area contributed by atoms with Gasteiger partial charge in [0.25, 0.3) is 5.91 Å². The van der Waals surface area contributed by atoms with Gasteiger partial charge in [-0.2, -0.15) is 0 Å². The Labute approximate surface area is 113 Å². The van der Waals surface area contributed by atoms with E-state index in [4.69, 9.17) is 0 Å². The van der Waals surface area contributed by atoms with Crippen molar-refractivity contribution in [2.24, 2.45) is 5.92 Å². The summed E-state index contributed by atoms with van der Waals surface area (Å²) in [6, 6.07) is 6.08. The lowest BCUT2D eigenvalue weighted by Crippen LogP contribution is -2.43. The van der Waals surface area contributed by atoms with Crippen LogP contribution < -0.4 is 0 Å². The van der Waals surface area contributed by atoms with Gasteiger partial charge < -0.3 is 4.90 Å². The average Bonchev–Trinajstić information content (AvgIpc) is 2.88. The second-order valence-electron chi connectivity index (χ2n) is 5.71. The number of Topliss-reactive ketones (excluding diaryl/α,β-unsaturated/α-hetero) is 1. The molecule has 0 bridgehead atoms. The molecular weight excluding hydrogens is 238 g/mol. The standard InChI is InChI=1S/C16H19NO2/c1-11-10-17(8-7-15(11)18)16(19)14-6-5-12-3-2-4-13(12)9-14/h5-6,9,11H,2-4,7-8,10H2,1H3. The Morgan fingerprint density at radius 1 is 1.21 bits per heavy atom. The van der Waals surface area contributed by atoms with Crippen LogP contribution >= 0.6 is 0 Å². The number of hydrogen-bond donors (Lipinski definition) is 0. The molecule has 1 fully saturated rings. The van der Waals surface area contributed by atoms with Crippen molar-refractivity contribution in [2.45, 2.75) is 32.6 Å². The number of carbonyl (C=O) groups excluding carboxylic acids is 2. The fourth-order valence-electron chi connectivity index (χ4n) is 3.09. The van der Waals surface area contributed by atoms with Crippen LogP contribution in [-0.4, -0.2) is 29.7 Å². The highest BCUT2D eigenvalue weighted by Crippen LogP contribution is 2.24. The molecule has 0 radical (unpaired) electrons. The zero-order valence-electron chi connectivity index (χ0n) is 11.3. The van der Waals surface area contributed by atoms with Crippen molar-refractivity contribution in [1.82, 2.24) is 4.90 Å². The van der Waals surface area contributed by atoms with Gasteiger partial charge in [0.05, 0.1) is 0 Å². The maximum Gasteiger partial charge on any atom is 0.253 e. The highest BCUT2D eigenvalue weighted by atomic mass is 16.2. The lowest BCUT2D eigenvalue weighted by Gasteiger charge is -2.30. The minimum atomic E-state index is -0.0212. The van der Waals surface area contributed by atoms with E-state index < -0.39 is 0 Å². The summed E-state index contributed by atoms with van der Waals surface area (Å²) in [5.74, 6) is 0.333. The summed E-state index contributed by atoms with van der Waals surface area (Å²) in [5, 5.41) is 0. The first-order valence-corrected chi connectivity index (χ1v) is 7.09. The monoisotopic (exact) mass is 257 g/mol. The Bertz CT molecular complexity index is 536. The third-order valence-electron chi connectivity index (χ3n) is 4.30. The number of carbonyl (C=O) groups is 2. The molecule has 0 saturated carbocycles. The van der Waals surface area contributed by atoms with Gasteiger partial charge in [0.1, 0.15) is 5.78 Å². The molecule has 1 heterocycles. The maximum absolute atomic E-state index is 12.5. The van der Waals surface area contributed by atoms with Gasteiger partial charge in [-0.3, -0.25) is 9.59 Å². The van der Waals surface area contributed by atoms with Crippen LogP contribution in [0.3, 0.4) is 0 Å². The van der Waals surface area contributed by atoms with Gasteiger partial charge in [-0.05, 0) is 42.5 Å². The van der Waals surface area contributed by atoms with E-state index in [2.05, 4.69) is 6.07 Å². The minimum Gasteiger partial charge on any atom is -0.337 e. The summed E-state index contributed by atoms with van der Waals surface area (Å²) >= 11 is 0. The number of rotatable bonds is 1. The Morgan fingerprint density at radius 2 is 2.00 bits per heavy atom. The van der Waals surface area contributed by atoms with Crippen molar-refractivity contribution in [3.05, 3.63) is 34.9 Å². The van der Waals surface area contributed by atoms with E-state index in [9.17, 15) is 9.59 Å². The van der Waals surface area contributed by atoms with Gasteiger partial charge in [0.2, 0.25) is 0 Å². The third kappa shape index (κ3) is 2.29. The largest absolute Gasteiger partial charge is 0.337 e. The predicted octanol–water partition coefficient (Wildman–Crippen LogP) is 2.23. The van der Waals surface area contributed by atoms with Crippen LogP contribution in [0.15, 0.2) is 18.2 Å². The number of benzene rings is 1. The quantitative estimate of drug-likeness (QED) is 0.773. The molecule has 1 aliphatic carbocycles. The Balaban J connectivity index is 1.79. The summed E-state index contributed by atoms with van der Waals surface area (Å²) in [6.07, 6.45) is 3.92. The molecule has 2 aliphatic rings. The predicted molar refractivity (Wildman–Crippen MR) is 73.2 cm³/mol. The zero-order chi connectivity index (χ0) is 13.4. The molecule has 1 atom stereocenters. The second kappa shape index (κ2) is 4.80. The van der Waals surface area contributed by atoms with Crippen molar-refractivity contribution >= 4 is 11.7 Å². The van der Waals surface area contributed by atoms with Crippen molar-refractivity contribution in [1.29, 1.82) is 0 Å². The van der Waals surface area contributed by atoms with Gasteiger partial charge >= 0.3 is 0 Å². The van der Waals surface area contributed by atoms with Crippen molar-refractivity contribution < 1.29 is 9.59 Å². The van der Waals surface area contributed by atoms with Gasteiger partial charge in [0.15, 0.2) is 0 Å². The van der Waals surface area contributed by atoms with E-state index >= 15 is 0 Å². The molecular formula is C16H19NO2. The minimum absolute atomic E-state index is 0.0212. The Kier molecular flexibility index (Phi) is 3.13. The van der Waals surface area contributed by atoms with E-state index in [-0.39, 0.29) is 17.6 Å². The molecule has 19 heavy (non-hydrogen) atoms. The molecule has 0 N–H and O–H groups in total. The molecule has 3 heteroatoms. The molecule has 3 rings (SSSR count). The van der Waals surface area contributed by atoms with E-state index in [1.165, 1.54) is 17.5 Å². The van der Waals surface area contributed by atoms with Crippen LogP contribution in [0.1, 0.15) is 41.3 Å². The number of nitrogens with zero attached hydrogens (tertiary/aromatic N) is 1. The summed E-state index contributed by atoms with van der Waals surface area (Å²) in [6.45, 7) is 3.04. The first kappa shape index (κ1) is 12.4. The van der Waals surface area contributed by atoms with Crippen molar-refractivity contribution in [3.8, 4) is 0 Å². The molecule has 1 aliphatic heterocycles. The normalized spacial score (nSPS) is 22.5. The van der Waals surface area contributed by atoms with Crippen molar-refractivity contribution in [3.63, 3.8) is 0 Å². The molecule has 0 aromatic heterocycles. The van der Waals surface area contributed by atoms with Crippen LogP contribution in [0.2, 0.25) is 0 Å². The van der Waals surface area contributed by atoms with Gasteiger partial charge in [-0.15, -0.1) is 0 Å². The molecule has 1 aromatic carbocycles. The van der Waals surface area contributed by atoms with E-state index in [0.29, 0.717) is 19.5 Å². The first-order chi connectivity index (χ1) is 9.15. The molecule has 1 amide bonds. The summed E-state index contributed by atoms with van der Waals surface area (Å²) in [4.78, 5) is 25.8. The Morgan fingerprint density at radius 3 is 2.79 bits per heavy atom. The topological polar surface area (TPSA) is 37.4 Å².